The summed E-state index contributed by atoms with van der Waals surface area (Å²) in [7, 11) is -3.92. The Morgan fingerprint density at radius 3 is 2.37 bits per heavy atom. The summed E-state index contributed by atoms with van der Waals surface area (Å²) >= 11 is 5.86. The SMILES string of the molecule is N#Cc1ccc(OS(=O)(=O)c2ccccc2)c(Cl)c1. The van der Waals surface area contributed by atoms with Gasteiger partial charge < -0.3 is 4.18 Å². The Kier molecular flexibility index (Phi) is 3.74. The lowest BCUT2D eigenvalue weighted by Gasteiger charge is -2.08. The molecule has 0 aromatic heterocycles. The van der Waals surface area contributed by atoms with Crippen molar-refractivity contribution in [2.24, 2.45) is 0 Å². The fraction of sp³-hybridized carbons (Fsp3) is 0. The molecule has 0 aliphatic heterocycles. The molecule has 0 heterocycles. The average Bonchev–Trinajstić information content (AvgIpc) is 2.42. The minimum absolute atomic E-state index is 0.00970. The van der Waals surface area contributed by atoms with Crippen LogP contribution in [0.4, 0.5) is 0 Å². The van der Waals surface area contributed by atoms with Crippen molar-refractivity contribution in [1.82, 2.24) is 0 Å². The zero-order valence-electron chi connectivity index (χ0n) is 9.58. The second-order valence-electron chi connectivity index (χ2n) is 3.61. The predicted octanol–water partition coefficient (Wildman–Crippen LogP) is 2.98. The van der Waals surface area contributed by atoms with Crippen LogP contribution in [0, 0.1) is 11.3 Å². The van der Waals surface area contributed by atoms with E-state index < -0.39 is 10.1 Å². The van der Waals surface area contributed by atoms with Crippen molar-refractivity contribution in [3.63, 3.8) is 0 Å². The molecule has 0 unspecified atom stereocenters. The Morgan fingerprint density at radius 1 is 1.11 bits per heavy atom. The average molecular weight is 294 g/mol. The molecule has 2 aromatic rings. The van der Waals surface area contributed by atoms with E-state index in [2.05, 4.69) is 0 Å². The summed E-state index contributed by atoms with van der Waals surface area (Å²) in [4.78, 5) is 0.0374. The van der Waals surface area contributed by atoms with Gasteiger partial charge in [-0.15, -0.1) is 0 Å². The van der Waals surface area contributed by atoms with Gasteiger partial charge in [-0.25, -0.2) is 0 Å². The first-order valence-corrected chi connectivity index (χ1v) is 7.01. The number of nitrogens with zero attached hydrogens (tertiary/aromatic N) is 1. The van der Waals surface area contributed by atoms with E-state index in [1.165, 1.54) is 30.3 Å². The summed E-state index contributed by atoms with van der Waals surface area (Å²) in [5.41, 5.74) is 0.328. The third kappa shape index (κ3) is 3.05. The summed E-state index contributed by atoms with van der Waals surface area (Å²) < 4.78 is 28.9. The van der Waals surface area contributed by atoms with Crippen LogP contribution in [0.3, 0.4) is 0 Å². The number of hydrogen-bond donors (Lipinski definition) is 0. The molecule has 19 heavy (non-hydrogen) atoms. The van der Waals surface area contributed by atoms with Gasteiger partial charge in [-0.3, -0.25) is 0 Å². The van der Waals surface area contributed by atoms with Gasteiger partial charge in [-0.05, 0) is 30.3 Å². The normalized spacial score (nSPS) is 10.7. The molecule has 0 saturated heterocycles. The van der Waals surface area contributed by atoms with Crippen molar-refractivity contribution < 1.29 is 12.6 Å². The molecule has 0 radical (unpaired) electrons. The molecule has 6 heteroatoms. The molecule has 0 saturated carbocycles. The van der Waals surface area contributed by atoms with Gasteiger partial charge in [0.25, 0.3) is 0 Å². The number of hydrogen-bond acceptors (Lipinski definition) is 4. The van der Waals surface area contributed by atoms with Crippen molar-refractivity contribution in [2.75, 3.05) is 0 Å². The molecular formula is C13H8ClNO3S. The Bertz CT molecular complexity index is 736. The van der Waals surface area contributed by atoms with E-state index in [1.54, 1.807) is 18.2 Å². The monoisotopic (exact) mass is 293 g/mol. The highest BCUT2D eigenvalue weighted by Crippen LogP contribution is 2.28. The summed E-state index contributed by atoms with van der Waals surface area (Å²) in [6.07, 6.45) is 0. The number of halogens is 1. The van der Waals surface area contributed by atoms with Gasteiger partial charge >= 0.3 is 10.1 Å². The number of benzene rings is 2. The highest BCUT2D eigenvalue weighted by molar-refractivity contribution is 7.87. The molecule has 0 aliphatic rings. The smallest absolute Gasteiger partial charge is 0.339 e. The van der Waals surface area contributed by atoms with E-state index in [4.69, 9.17) is 21.0 Å². The molecule has 0 amide bonds. The molecule has 0 bridgehead atoms. The fourth-order valence-corrected chi connectivity index (χ4v) is 2.62. The summed E-state index contributed by atoms with van der Waals surface area (Å²) in [5.74, 6) is -0.00970. The van der Waals surface area contributed by atoms with E-state index in [9.17, 15) is 8.42 Å². The standard InChI is InChI=1S/C13H8ClNO3S/c14-12-8-10(9-15)6-7-13(12)18-19(16,17)11-4-2-1-3-5-11/h1-8H. The summed E-state index contributed by atoms with van der Waals surface area (Å²) in [6, 6.07) is 13.8. The van der Waals surface area contributed by atoms with Crippen LogP contribution in [0.1, 0.15) is 5.56 Å². The maximum Gasteiger partial charge on any atom is 0.339 e. The first-order chi connectivity index (χ1) is 9.03. The van der Waals surface area contributed by atoms with Crippen molar-refractivity contribution in [3.05, 3.63) is 59.1 Å². The first-order valence-electron chi connectivity index (χ1n) is 5.22. The Hall–Kier alpha value is -2.03. The second-order valence-corrected chi connectivity index (χ2v) is 5.56. The lowest BCUT2D eigenvalue weighted by molar-refractivity contribution is 0.486. The lowest BCUT2D eigenvalue weighted by atomic mass is 10.2. The quantitative estimate of drug-likeness (QED) is 0.816. The Balaban J connectivity index is 2.34. The molecule has 4 nitrogen and oxygen atoms in total. The van der Waals surface area contributed by atoms with E-state index in [-0.39, 0.29) is 15.7 Å². The number of nitriles is 1. The van der Waals surface area contributed by atoms with Crippen LogP contribution in [0.25, 0.3) is 0 Å². The van der Waals surface area contributed by atoms with Crippen molar-refractivity contribution in [1.29, 1.82) is 5.26 Å². The van der Waals surface area contributed by atoms with Gasteiger partial charge in [-0.2, -0.15) is 13.7 Å². The van der Waals surface area contributed by atoms with E-state index in [0.717, 1.165) is 0 Å². The molecule has 0 fully saturated rings. The summed E-state index contributed by atoms with van der Waals surface area (Å²) in [6.45, 7) is 0. The Morgan fingerprint density at radius 2 is 1.79 bits per heavy atom. The molecule has 2 rings (SSSR count). The highest BCUT2D eigenvalue weighted by atomic mass is 35.5. The van der Waals surface area contributed by atoms with E-state index >= 15 is 0 Å². The van der Waals surface area contributed by atoms with E-state index in [1.807, 2.05) is 6.07 Å². The van der Waals surface area contributed by atoms with Crippen molar-refractivity contribution in [2.45, 2.75) is 4.90 Å². The molecule has 0 atom stereocenters. The van der Waals surface area contributed by atoms with Crippen LogP contribution >= 0.6 is 11.6 Å². The van der Waals surface area contributed by atoms with E-state index in [0.29, 0.717) is 5.56 Å². The van der Waals surface area contributed by atoms with Crippen LogP contribution in [0.5, 0.6) is 5.75 Å². The third-order valence-corrected chi connectivity index (χ3v) is 3.84. The molecule has 96 valence electrons. The Labute approximate surface area is 115 Å². The molecular weight excluding hydrogens is 286 g/mol. The molecule has 2 aromatic carbocycles. The van der Waals surface area contributed by atoms with Crippen LogP contribution in [0.2, 0.25) is 5.02 Å². The van der Waals surface area contributed by atoms with Crippen LogP contribution in [-0.4, -0.2) is 8.42 Å². The maximum atomic E-state index is 12.0. The largest absolute Gasteiger partial charge is 0.377 e. The maximum absolute atomic E-state index is 12.0. The van der Waals surface area contributed by atoms with Gasteiger partial charge in [0.05, 0.1) is 16.7 Å². The van der Waals surface area contributed by atoms with Gasteiger partial charge in [0.2, 0.25) is 0 Å². The van der Waals surface area contributed by atoms with Gasteiger partial charge in [0.1, 0.15) is 4.90 Å². The van der Waals surface area contributed by atoms with Crippen LogP contribution < -0.4 is 4.18 Å². The minimum atomic E-state index is -3.92. The van der Waals surface area contributed by atoms with Gasteiger partial charge in [0, 0.05) is 0 Å². The van der Waals surface area contributed by atoms with Crippen molar-refractivity contribution >= 4 is 21.7 Å². The third-order valence-electron chi connectivity index (χ3n) is 2.29. The second kappa shape index (κ2) is 5.31. The topological polar surface area (TPSA) is 67.2 Å². The highest BCUT2D eigenvalue weighted by Gasteiger charge is 2.17. The summed E-state index contributed by atoms with van der Waals surface area (Å²) in [5, 5.41) is 8.76. The molecule has 0 spiro atoms. The predicted molar refractivity (Wildman–Crippen MR) is 70.4 cm³/mol. The number of rotatable bonds is 3. The molecule has 0 aliphatic carbocycles. The van der Waals surface area contributed by atoms with Crippen molar-refractivity contribution in [3.8, 4) is 11.8 Å². The zero-order chi connectivity index (χ0) is 13.9. The van der Waals surface area contributed by atoms with Crippen LogP contribution in [0.15, 0.2) is 53.4 Å². The van der Waals surface area contributed by atoms with Gasteiger partial charge in [-0.1, -0.05) is 29.8 Å². The van der Waals surface area contributed by atoms with Crippen LogP contribution in [-0.2, 0) is 10.1 Å². The first kappa shape index (κ1) is 13.4. The zero-order valence-corrected chi connectivity index (χ0v) is 11.1. The lowest BCUT2D eigenvalue weighted by Crippen LogP contribution is -2.09. The minimum Gasteiger partial charge on any atom is -0.377 e. The fourth-order valence-electron chi connectivity index (χ4n) is 1.39. The molecule has 0 N–H and O–H groups in total. The van der Waals surface area contributed by atoms with Gasteiger partial charge in [0.15, 0.2) is 5.75 Å².